The number of anilines is 1. The largest absolute Gasteiger partial charge is 0.347 e. The third-order valence-electron chi connectivity index (χ3n) is 3.14. The SMILES string of the molecule is CN(C)c1ncc2ncn(Cc3c(F)cccc3F)c2n1. The molecule has 0 aliphatic heterocycles. The van der Waals surface area contributed by atoms with E-state index in [-0.39, 0.29) is 12.1 Å². The standard InChI is InChI=1S/C14H13F2N5/c1-20(2)14-17-6-12-13(19-14)21(8-18-12)7-9-10(15)4-3-5-11(9)16/h3-6,8H,7H2,1-2H3. The van der Waals surface area contributed by atoms with Gasteiger partial charge in [0, 0.05) is 19.7 Å². The van der Waals surface area contributed by atoms with Crippen LogP contribution in [0.5, 0.6) is 0 Å². The normalized spacial score (nSPS) is 11.0. The minimum Gasteiger partial charge on any atom is -0.347 e. The van der Waals surface area contributed by atoms with Crippen LogP contribution in [0.3, 0.4) is 0 Å². The van der Waals surface area contributed by atoms with Gasteiger partial charge in [-0.15, -0.1) is 0 Å². The Morgan fingerprint density at radius 3 is 2.52 bits per heavy atom. The van der Waals surface area contributed by atoms with Crippen LogP contribution in [-0.2, 0) is 6.54 Å². The number of rotatable bonds is 3. The van der Waals surface area contributed by atoms with E-state index in [1.807, 2.05) is 14.1 Å². The number of nitrogens with zero attached hydrogens (tertiary/aromatic N) is 5. The second-order valence-corrected chi connectivity index (χ2v) is 4.85. The van der Waals surface area contributed by atoms with E-state index in [2.05, 4.69) is 15.0 Å². The quantitative estimate of drug-likeness (QED) is 0.741. The molecular weight excluding hydrogens is 276 g/mol. The highest BCUT2D eigenvalue weighted by atomic mass is 19.1. The molecule has 21 heavy (non-hydrogen) atoms. The number of benzene rings is 1. The first kappa shape index (κ1) is 13.4. The minimum atomic E-state index is -0.585. The van der Waals surface area contributed by atoms with E-state index in [0.29, 0.717) is 17.1 Å². The van der Waals surface area contributed by atoms with Crippen LogP contribution < -0.4 is 4.90 Å². The molecule has 0 saturated heterocycles. The highest BCUT2D eigenvalue weighted by Crippen LogP contribution is 2.18. The summed E-state index contributed by atoms with van der Waals surface area (Å²) in [4.78, 5) is 14.4. The predicted molar refractivity (Wildman–Crippen MR) is 75.1 cm³/mol. The summed E-state index contributed by atoms with van der Waals surface area (Å²) in [6, 6.07) is 3.81. The maximum atomic E-state index is 13.7. The third kappa shape index (κ3) is 2.42. The maximum Gasteiger partial charge on any atom is 0.226 e. The molecule has 0 saturated carbocycles. The molecule has 0 bridgehead atoms. The summed E-state index contributed by atoms with van der Waals surface area (Å²) in [5.41, 5.74) is 1.11. The summed E-state index contributed by atoms with van der Waals surface area (Å²) in [5.74, 6) is -0.657. The summed E-state index contributed by atoms with van der Waals surface area (Å²) in [6.07, 6.45) is 3.09. The van der Waals surface area contributed by atoms with E-state index in [0.717, 1.165) is 0 Å². The van der Waals surface area contributed by atoms with Crippen molar-refractivity contribution in [1.82, 2.24) is 19.5 Å². The molecule has 0 radical (unpaired) electrons. The van der Waals surface area contributed by atoms with E-state index < -0.39 is 11.6 Å². The van der Waals surface area contributed by atoms with Crippen molar-refractivity contribution in [2.45, 2.75) is 6.54 Å². The van der Waals surface area contributed by atoms with Gasteiger partial charge < -0.3 is 9.47 Å². The zero-order chi connectivity index (χ0) is 15.0. The average Bonchev–Trinajstić information content (AvgIpc) is 2.85. The van der Waals surface area contributed by atoms with Crippen molar-refractivity contribution < 1.29 is 8.78 Å². The zero-order valence-corrected chi connectivity index (χ0v) is 11.6. The van der Waals surface area contributed by atoms with E-state index in [4.69, 9.17) is 0 Å². The Hall–Kier alpha value is -2.57. The van der Waals surface area contributed by atoms with Crippen molar-refractivity contribution >= 4 is 17.1 Å². The van der Waals surface area contributed by atoms with E-state index >= 15 is 0 Å². The van der Waals surface area contributed by atoms with Crippen molar-refractivity contribution in [2.75, 3.05) is 19.0 Å². The Morgan fingerprint density at radius 1 is 1.14 bits per heavy atom. The van der Waals surface area contributed by atoms with Gasteiger partial charge in [0.05, 0.1) is 19.1 Å². The number of imidazole rings is 1. The van der Waals surface area contributed by atoms with E-state index in [1.54, 1.807) is 15.7 Å². The van der Waals surface area contributed by atoms with Crippen molar-refractivity contribution in [2.24, 2.45) is 0 Å². The van der Waals surface area contributed by atoms with Crippen molar-refractivity contribution in [3.63, 3.8) is 0 Å². The van der Waals surface area contributed by atoms with Gasteiger partial charge in [-0.2, -0.15) is 4.98 Å². The highest BCUT2D eigenvalue weighted by Gasteiger charge is 2.13. The van der Waals surface area contributed by atoms with Crippen LogP contribution in [-0.4, -0.2) is 33.6 Å². The lowest BCUT2D eigenvalue weighted by Gasteiger charge is -2.10. The molecule has 0 amide bonds. The van der Waals surface area contributed by atoms with Gasteiger partial charge in [-0.1, -0.05) is 6.07 Å². The van der Waals surface area contributed by atoms with Crippen LogP contribution in [0, 0.1) is 11.6 Å². The minimum absolute atomic E-state index is 0.0122. The lowest BCUT2D eigenvalue weighted by molar-refractivity contribution is 0.546. The van der Waals surface area contributed by atoms with Gasteiger partial charge in [-0.25, -0.2) is 18.7 Å². The van der Waals surface area contributed by atoms with Crippen LogP contribution in [0.15, 0.2) is 30.7 Å². The smallest absolute Gasteiger partial charge is 0.226 e. The lowest BCUT2D eigenvalue weighted by Crippen LogP contribution is -2.13. The Morgan fingerprint density at radius 2 is 1.86 bits per heavy atom. The molecule has 0 atom stereocenters. The number of aromatic nitrogens is 4. The Balaban J connectivity index is 2.06. The monoisotopic (exact) mass is 289 g/mol. The molecule has 3 rings (SSSR count). The summed E-state index contributed by atoms with van der Waals surface area (Å²) in [5, 5.41) is 0. The Kier molecular flexibility index (Phi) is 3.25. The van der Waals surface area contributed by atoms with Crippen LogP contribution in [0.4, 0.5) is 14.7 Å². The summed E-state index contributed by atoms with van der Waals surface area (Å²) >= 11 is 0. The van der Waals surface area contributed by atoms with E-state index in [9.17, 15) is 8.78 Å². The topological polar surface area (TPSA) is 46.8 Å². The molecule has 2 heterocycles. The lowest BCUT2D eigenvalue weighted by atomic mass is 10.2. The Labute approximate surface area is 119 Å². The Bertz CT molecular complexity index is 777. The van der Waals surface area contributed by atoms with Crippen molar-refractivity contribution in [3.05, 3.63) is 47.9 Å². The van der Waals surface area contributed by atoms with Gasteiger partial charge in [0.25, 0.3) is 0 Å². The van der Waals surface area contributed by atoms with Gasteiger partial charge in [0.2, 0.25) is 5.95 Å². The fourth-order valence-electron chi connectivity index (χ4n) is 2.03. The van der Waals surface area contributed by atoms with Gasteiger partial charge in [-0.05, 0) is 12.1 Å². The number of hydrogen-bond donors (Lipinski definition) is 0. The van der Waals surface area contributed by atoms with Gasteiger partial charge in [0.15, 0.2) is 5.65 Å². The first-order valence-corrected chi connectivity index (χ1v) is 6.34. The first-order chi connectivity index (χ1) is 10.1. The molecule has 0 unspecified atom stereocenters. The highest BCUT2D eigenvalue weighted by molar-refractivity contribution is 5.71. The van der Waals surface area contributed by atoms with Gasteiger partial charge in [0.1, 0.15) is 17.2 Å². The molecule has 108 valence electrons. The number of hydrogen-bond acceptors (Lipinski definition) is 4. The molecule has 0 fully saturated rings. The second-order valence-electron chi connectivity index (χ2n) is 4.85. The molecule has 0 N–H and O–H groups in total. The van der Waals surface area contributed by atoms with E-state index in [1.165, 1.54) is 24.5 Å². The molecule has 0 aliphatic rings. The average molecular weight is 289 g/mol. The van der Waals surface area contributed by atoms with Crippen molar-refractivity contribution in [3.8, 4) is 0 Å². The molecule has 7 heteroatoms. The molecule has 3 aromatic rings. The summed E-state index contributed by atoms with van der Waals surface area (Å²) < 4.78 is 29.1. The molecule has 0 aliphatic carbocycles. The molecule has 2 aromatic heterocycles. The van der Waals surface area contributed by atoms with Crippen LogP contribution in [0.25, 0.3) is 11.2 Å². The maximum absolute atomic E-state index is 13.7. The number of fused-ring (bicyclic) bond motifs is 1. The summed E-state index contributed by atoms with van der Waals surface area (Å²) in [6.45, 7) is 0.0267. The molecular formula is C14H13F2N5. The molecule has 1 aromatic carbocycles. The zero-order valence-electron chi connectivity index (χ0n) is 11.6. The van der Waals surface area contributed by atoms with Crippen LogP contribution in [0.1, 0.15) is 5.56 Å². The summed E-state index contributed by atoms with van der Waals surface area (Å²) in [7, 11) is 3.64. The van der Waals surface area contributed by atoms with Crippen molar-refractivity contribution in [1.29, 1.82) is 0 Å². The molecule has 5 nitrogen and oxygen atoms in total. The van der Waals surface area contributed by atoms with Crippen LogP contribution in [0.2, 0.25) is 0 Å². The number of halogens is 2. The second kappa shape index (κ2) is 5.08. The fraction of sp³-hybridized carbons (Fsp3) is 0.214. The van der Waals surface area contributed by atoms with Crippen LogP contribution >= 0.6 is 0 Å². The third-order valence-corrected chi connectivity index (χ3v) is 3.14. The predicted octanol–water partition coefficient (Wildman–Crippen LogP) is 2.22. The first-order valence-electron chi connectivity index (χ1n) is 6.34. The van der Waals surface area contributed by atoms with Gasteiger partial charge >= 0.3 is 0 Å². The fourth-order valence-corrected chi connectivity index (χ4v) is 2.03. The molecule has 0 spiro atoms. The van der Waals surface area contributed by atoms with Gasteiger partial charge in [-0.3, -0.25) is 0 Å².